The monoisotopic (exact) mass is 275 g/mol. The Bertz CT molecular complexity index is 569. The molecule has 0 saturated heterocycles. The third kappa shape index (κ3) is 3.62. The number of benzene rings is 2. The number of hydrogen-bond donors (Lipinski definition) is 3. The van der Waals surface area contributed by atoms with E-state index in [0.717, 1.165) is 10.8 Å². The molecule has 0 radical (unpaired) electrons. The first kappa shape index (κ1) is 14.6. The lowest BCUT2D eigenvalue weighted by molar-refractivity contribution is 0.104. The summed E-state index contributed by atoms with van der Waals surface area (Å²) in [6.07, 6.45) is -0.615. The van der Waals surface area contributed by atoms with E-state index in [4.69, 9.17) is 4.74 Å². The zero-order valence-electron chi connectivity index (χ0n) is 11.8. The largest absolute Gasteiger partial charge is 0.504 e. The highest BCUT2D eigenvalue weighted by Gasteiger charge is 2.11. The van der Waals surface area contributed by atoms with E-state index in [1.54, 1.807) is 6.07 Å². The van der Waals surface area contributed by atoms with Crippen LogP contribution in [0.3, 0.4) is 0 Å². The number of rotatable bonds is 6. The molecule has 2 aromatic rings. The molecule has 2 aromatic carbocycles. The van der Waals surface area contributed by atoms with E-state index in [2.05, 4.69) is 5.32 Å². The van der Waals surface area contributed by atoms with Gasteiger partial charge >= 0.3 is 0 Å². The molecule has 2 rings (SSSR count). The van der Waals surface area contributed by atoms with Gasteiger partial charge in [-0.3, -0.25) is 0 Å². The van der Waals surface area contributed by atoms with E-state index in [1.165, 1.54) is 0 Å². The molecular formula is C16H21NO3. The second-order valence-electron chi connectivity index (χ2n) is 5.16. The Hall–Kier alpha value is -1.78. The summed E-state index contributed by atoms with van der Waals surface area (Å²) in [5.74, 6) is 0.513. The van der Waals surface area contributed by atoms with Crippen LogP contribution in [0, 0.1) is 0 Å². The van der Waals surface area contributed by atoms with Crippen molar-refractivity contribution in [3.8, 4) is 11.5 Å². The Morgan fingerprint density at radius 2 is 1.90 bits per heavy atom. The molecule has 0 heterocycles. The van der Waals surface area contributed by atoms with E-state index in [-0.39, 0.29) is 12.4 Å². The summed E-state index contributed by atoms with van der Waals surface area (Å²) in [5, 5.41) is 24.8. The highest BCUT2D eigenvalue weighted by Crippen LogP contribution is 2.34. The molecule has 0 aromatic heterocycles. The van der Waals surface area contributed by atoms with Gasteiger partial charge in [0.15, 0.2) is 11.5 Å². The predicted molar refractivity (Wildman–Crippen MR) is 80.3 cm³/mol. The smallest absolute Gasteiger partial charge is 0.168 e. The molecule has 3 N–H and O–H groups in total. The number of aliphatic hydroxyl groups is 1. The summed E-state index contributed by atoms with van der Waals surface area (Å²) in [6.45, 7) is 4.64. The van der Waals surface area contributed by atoms with Crippen molar-refractivity contribution in [1.82, 2.24) is 5.32 Å². The van der Waals surface area contributed by atoms with Crippen LogP contribution in [0.2, 0.25) is 0 Å². The Kier molecular flexibility index (Phi) is 4.82. The van der Waals surface area contributed by atoms with Crippen LogP contribution in [0.4, 0.5) is 0 Å². The Morgan fingerprint density at radius 3 is 2.65 bits per heavy atom. The van der Waals surface area contributed by atoms with Gasteiger partial charge in [-0.25, -0.2) is 0 Å². The lowest BCUT2D eigenvalue weighted by Gasteiger charge is -2.16. The van der Waals surface area contributed by atoms with Crippen LogP contribution in [0.15, 0.2) is 36.4 Å². The van der Waals surface area contributed by atoms with Gasteiger partial charge in [-0.1, -0.05) is 44.2 Å². The van der Waals surface area contributed by atoms with Crippen LogP contribution in [0.1, 0.15) is 13.8 Å². The second-order valence-corrected chi connectivity index (χ2v) is 5.16. The van der Waals surface area contributed by atoms with Crippen LogP contribution in [0.25, 0.3) is 10.8 Å². The lowest BCUT2D eigenvalue weighted by Crippen LogP contribution is -2.35. The number of fused-ring (bicyclic) bond motifs is 1. The summed E-state index contributed by atoms with van der Waals surface area (Å²) in [4.78, 5) is 0. The molecule has 108 valence electrons. The third-order valence-corrected chi connectivity index (χ3v) is 3.04. The molecule has 0 aliphatic carbocycles. The van der Waals surface area contributed by atoms with Gasteiger partial charge in [0.25, 0.3) is 0 Å². The average molecular weight is 275 g/mol. The van der Waals surface area contributed by atoms with Crippen molar-refractivity contribution in [3.63, 3.8) is 0 Å². The molecule has 0 aliphatic rings. The number of ether oxygens (including phenoxy) is 1. The summed E-state index contributed by atoms with van der Waals surface area (Å²) < 4.78 is 5.60. The van der Waals surface area contributed by atoms with E-state index in [0.29, 0.717) is 18.3 Å². The minimum Gasteiger partial charge on any atom is -0.504 e. The fourth-order valence-corrected chi connectivity index (χ4v) is 1.99. The van der Waals surface area contributed by atoms with Crippen molar-refractivity contribution < 1.29 is 14.9 Å². The molecule has 0 unspecified atom stereocenters. The first-order valence-corrected chi connectivity index (χ1v) is 6.83. The van der Waals surface area contributed by atoms with Crippen LogP contribution < -0.4 is 10.1 Å². The van der Waals surface area contributed by atoms with Crippen molar-refractivity contribution in [2.75, 3.05) is 13.2 Å². The molecule has 1 atom stereocenters. The summed E-state index contributed by atoms with van der Waals surface area (Å²) in [5.41, 5.74) is 0. The molecule has 0 spiro atoms. The van der Waals surface area contributed by atoms with Gasteiger partial charge in [-0.05, 0) is 11.5 Å². The van der Waals surface area contributed by atoms with E-state index in [9.17, 15) is 10.2 Å². The maximum atomic E-state index is 9.92. The standard InChI is InChI=1S/C16H21NO3/c1-11(2)17-9-13(18)10-20-16-14-6-4-3-5-12(14)7-8-15(16)19/h3-8,11,13,17-19H,9-10H2,1-2H3/t13-/m0/s1. The minimum atomic E-state index is -0.615. The summed E-state index contributed by atoms with van der Waals surface area (Å²) in [7, 11) is 0. The number of aromatic hydroxyl groups is 1. The third-order valence-electron chi connectivity index (χ3n) is 3.04. The molecule has 20 heavy (non-hydrogen) atoms. The van der Waals surface area contributed by atoms with Crippen molar-refractivity contribution in [3.05, 3.63) is 36.4 Å². The number of aliphatic hydroxyl groups excluding tert-OH is 1. The molecular weight excluding hydrogens is 254 g/mol. The second kappa shape index (κ2) is 6.59. The highest BCUT2D eigenvalue weighted by molar-refractivity contribution is 5.90. The van der Waals surface area contributed by atoms with Crippen molar-refractivity contribution in [1.29, 1.82) is 0 Å². The Labute approximate surface area is 119 Å². The maximum Gasteiger partial charge on any atom is 0.168 e. The van der Waals surface area contributed by atoms with Crippen LogP contribution in [0.5, 0.6) is 11.5 Å². The molecule has 0 saturated carbocycles. The van der Waals surface area contributed by atoms with Crippen molar-refractivity contribution in [2.45, 2.75) is 26.0 Å². The molecule has 0 aliphatic heterocycles. The molecule has 0 bridgehead atoms. The van der Waals surface area contributed by atoms with Gasteiger partial charge in [-0.15, -0.1) is 0 Å². The summed E-state index contributed by atoms with van der Waals surface area (Å²) in [6, 6.07) is 11.4. The average Bonchev–Trinajstić information content (AvgIpc) is 2.44. The topological polar surface area (TPSA) is 61.7 Å². The van der Waals surface area contributed by atoms with E-state index in [1.807, 2.05) is 44.2 Å². The number of phenols is 1. The van der Waals surface area contributed by atoms with Gasteiger partial charge in [0.05, 0.1) is 0 Å². The van der Waals surface area contributed by atoms with Gasteiger partial charge in [-0.2, -0.15) is 0 Å². The minimum absolute atomic E-state index is 0.0905. The number of nitrogens with one attached hydrogen (secondary N) is 1. The normalized spacial score (nSPS) is 12.8. The number of phenolic OH excluding ortho intramolecular Hbond substituents is 1. The quantitative estimate of drug-likeness (QED) is 0.757. The van der Waals surface area contributed by atoms with Gasteiger partial charge < -0.3 is 20.3 Å². The van der Waals surface area contributed by atoms with Gasteiger partial charge in [0, 0.05) is 18.0 Å². The molecule has 0 amide bonds. The highest BCUT2D eigenvalue weighted by atomic mass is 16.5. The van der Waals surface area contributed by atoms with E-state index < -0.39 is 6.10 Å². The van der Waals surface area contributed by atoms with Crippen molar-refractivity contribution >= 4 is 10.8 Å². The van der Waals surface area contributed by atoms with Crippen LogP contribution in [-0.2, 0) is 0 Å². The van der Waals surface area contributed by atoms with Crippen LogP contribution in [-0.4, -0.2) is 35.5 Å². The van der Waals surface area contributed by atoms with Gasteiger partial charge in [0.1, 0.15) is 12.7 Å². The molecule has 0 fully saturated rings. The lowest BCUT2D eigenvalue weighted by atomic mass is 10.1. The van der Waals surface area contributed by atoms with Crippen LogP contribution >= 0.6 is 0 Å². The summed E-state index contributed by atoms with van der Waals surface area (Å²) >= 11 is 0. The number of hydrogen-bond acceptors (Lipinski definition) is 4. The molecule has 4 heteroatoms. The molecule has 4 nitrogen and oxygen atoms in total. The zero-order valence-corrected chi connectivity index (χ0v) is 11.8. The predicted octanol–water partition coefficient (Wildman–Crippen LogP) is 2.28. The first-order chi connectivity index (χ1) is 9.58. The fraction of sp³-hybridized carbons (Fsp3) is 0.375. The first-order valence-electron chi connectivity index (χ1n) is 6.83. The SMILES string of the molecule is CC(C)NC[C@H](O)COc1c(O)ccc2ccccc12. The fourth-order valence-electron chi connectivity index (χ4n) is 1.99. The zero-order chi connectivity index (χ0) is 14.5. The Balaban J connectivity index is 2.07. The van der Waals surface area contributed by atoms with Gasteiger partial charge in [0.2, 0.25) is 0 Å². The maximum absolute atomic E-state index is 9.92. The van der Waals surface area contributed by atoms with Crippen molar-refractivity contribution in [2.24, 2.45) is 0 Å². The van der Waals surface area contributed by atoms with E-state index >= 15 is 0 Å². The Morgan fingerprint density at radius 1 is 1.15 bits per heavy atom.